The first-order valence-corrected chi connectivity index (χ1v) is 18.9. The molecule has 0 aromatic rings. The van der Waals surface area contributed by atoms with E-state index in [1.54, 1.807) is 0 Å². The molecule has 14 heteroatoms. The standard InChI is InChI=1S/C34H58O13S/c1-17(19(3)15-45-31-28(39)29(44-6)24(16-46-31)47-48(41,42)43)7-8-18(2)20-13-22(36)30-32(20,4)12-10-25-33(5)11-9-21(35)27(38)26(33)23(37)14-34(25,30)40/h18-31,35-40H,1,7-16H2,2-6H3,(H,41,42,43)/t18?,19?,20-,21+,22?,23?,24-,25?,26?,27+,28-,29+,30?,31-,32-,33-,34+/m1/s1. The maximum atomic E-state index is 12.5. The minimum Gasteiger partial charge on any atom is -0.393 e. The monoisotopic (exact) mass is 706 g/mol. The van der Waals surface area contributed by atoms with E-state index in [1.165, 1.54) is 7.11 Å². The van der Waals surface area contributed by atoms with E-state index in [4.69, 9.17) is 18.8 Å². The molecule has 278 valence electrons. The van der Waals surface area contributed by atoms with Crippen molar-refractivity contribution in [3.63, 3.8) is 0 Å². The average Bonchev–Trinajstić information content (AvgIpc) is 3.27. The third-order valence-electron chi connectivity index (χ3n) is 13.5. The maximum Gasteiger partial charge on any atom is 0.397 e. The summed E-state index contributed by atoms with van der Waals surface area (Å²) in [4.78, 5) is 0. The van der Waals surface area contributed by atoms with Gasteiger partial charge in [0.15, 0.2) is 6.29 Å². The molecule has 4 saturated carbocycles. The van der Waals surface area contributed by atoms with Crippen molar-refractivity contribution in [2.75, 3.05) is 20.3 Å². The van der Waals surface area contributed by atoms with Crippen LogP contribution in [0, 0.1) is 46.3 Å². The van der Waals surface area contributed by atoms with Crippen molar-refractivity contribution in [3.05, 3.63) is 12.2 Å². The molecule has 0 amide bonds. The molecule has 4 aliphatic carbocycles. The quantitative estimate of drug-likeness (QED) is 0.120. The summed E-state index contributed by atoms with van der Waals surface area (Å²) in [7, 11) is -3.49. The Balaban J connectivity index is 1.18. The highest BCUT2D eigenvalue weighted by molar-refractivity contribution is 7.80. The summed E-state index contributed by atoms with van der Waals surface area (Å²) in [5, 5.41) is 67.4. The van der Waals surface area contributed by atoms with E-state index in [-0.39, 0.29) is 48.7 Å². The molecule has 0 spiro atoms. The molecule has 5 rings (SSSR count). The third-order valence-corrected chi connectivity index (χ3v) is 14.0. The zero-order valence-electron chi connectivity index (χ0n) is 28.8. The van der Waals surface area contributed by atoms with Crippen molar-refractivity contribution in [1.29, 1.82) is 0 Å². The number of hydrogen-bond acceptors (Lipinski definition) is 12. The van der Waals surface area contributed by atoms with Crippen molar-refractivity contribution in [2.24, 2.45) is 46.3 Å². The van der Waals surface area contributed by atoms with Gasteiger partial charge in [0.05, 0.1) is 43.2 Å². The van der Waals surface area contributed by atoms with E-state index < -0.39 is 82.3 Å². The molecule has 1 aliphatic heterocycles. The first-order valence-electron chi connectivity index (χ1n) is 17.5. The second-order valence-electron chi connectivity index (χ2n) is 16.2. The normalized spacial score (nSPS) is 49.0. The molecule has 0 aromatic carbocycles. The van der Waals surface area contributed by atoms with Gasteiger partial charge in [-0.25, -0.2) is 4.18 Å². The highest BCUT2D eigenvalue weighted by Gasteiger charge is 2.71. The number of hydrogen-bond donors (Lipinski definition) is 7. The largest absolute Gasteiger partial charge is 0.397 e. The van der Waals surface area contributed by atoms with Crippen LogP contribution in [-0.2, 0) is 28.8 Å². The minimum absolute atomic E-state index is 0.0766. The second-order valence-corrected chi connectivity index (χ2v) is 17.3. The molecule has 48 heavy (non-hydrogen) atoms. The SMILES string of the molecule is C=C(CCC(C)[C@H]1CC(O)C2[C@]3(O)CC(O)C4[C@@H](O)[C@@H](O)CC[C@]4(C)C3CC[C@@]21C)C(C)CO[C@@H]1OC[C@@H](OS(=O)(=O)O)[C@H](OC)[C@H]1O. The van der Waals surface area contributed by atoms with Crippen LogP contribution in [0.15, 0.2) is 12.2 Å². The summed E-state index contributed by atoms with van der Waals surface area (Å²) >= 11 is 0. The summed E-state index contributed by atoms with van der Waals surface area (Å²) in [5.74, 6) is -0.895. The number of rotatable bonds is 11. The first-order chi connectivity index (χ1) is 22.3. The lowest BCUT2D eigenvalue weighted by atomic mass is 9.41. The van der Waals surface area contributed by atoms with Crippen LogP contribution in [0.2, 0.25) is 0 Å². The molecule has 1 heterocycles. The van der Waals surface area contributed by atoms with Crippen LogP contribution in [-0.4, -0.2) is 119 Å². The first kappa shape index (κ1) is 38.5. The predicted octanol–water partition coefficient (Wildman–Crippen LogP) is 1.58. The van der Waals surface area contributed by atoms with Gasteiger partial charge in [-0.05, 0) is 73.5 Å². The van der Waals surface area contributed by atoms with Crippen LogP contribution in [0.4, 0.5) is 0 Å². The fraction of sp³-hybridized carbons (Fsp3) is 0.941. The number of aliphatic hydroxyl groups excluding tert-OH is 5. The van der Waals surface area contributed by atoms with Crippen LogP contribution in [0.1, 0.15) is 79.1 Å². The van der Waals surface area contributed by atoms with Crippen molar-refractivity contribution < 1.29 is 62.0 Å². The van der Waals surface area contributed by atoms with Gasteiger partial charge in [-0.15, -0.1) is 0 Å². The van der Waals surface area contributed by atoms with Crippen molar-refractivity contribution in [2.45, 2.75) is 134 Å². The number of ether oxygens (including phenoxy) is 3. The molecule has 0 aromatic heterocycles. The number of aliphatic hydroxyl groups is 6. The molecule has 7 N–H and O–H groups in total. The van der Waals surface area contributed by atoms with Crippen LogP contribution >= 0.6 is 0 Å². The smallest absolute Gasteiger partial charge is 0.393 e. The van der Waals surface area contributed by atoms with Crippen LogP contribution < -0.4 is 0 Å². The van der Waals surface area contributed by atoms with Gasteiger partial charge >= 0.3 is 10.4 Å². The second kappa shape index (κ2) is 14.0. The molecule has 1 saturated heterocycles. The molecule has 5 fully saturated rings. The fourth-order valence-corrected chi connectivity index (χ4v) is 11.6. The van der Waals surface area contributed by atoms with Gasteiger partial charge in [0, 0.05) is 31.3 Å². The Bertz CT molecular complexity index is 1270. The maximum absolute atomic E-state index is 12.5. The highest BCUT2D eigenvalue weighted by atomic mass is 32.3. The van der Waals surface area contributed by atoms with Crippen LogP contribution in [0.5, 0.6) is 0 Å². The zero-order chi connectivity index (χ0) is 35.6. The van der Waals surface area contributed by atoms with E-state index in [2.05, 4.69) is 24.6 Å². The Kier molecular flexibility index (Phi) is 11.2. The fourth-order valence-electron chi connectivity index (χ4n) is 11.2. The van der Waals surface area contributed by atoms with E-state index in [9.17, 15) is 39.1 Å². The Morgan fingerprint density at radius 2 is 1.67 bits per heavy atom. The van der Waals surface area contributed by atoms with E-state index >= 15 is 0 Å². The average molecular weight is 707 g/mol. The van der Waals surface area contributed by atoms with Gasteiger partial charge in [-0.3, -0.25) is 4.55 Å². The predicted molar refractivity (Wildman–Crippen MR) is 172 cm³/mol. The van der Waals surface area contributed by atoms with Gasteiger partial charge < -0.3 is 44.8 Å². The molecule has 13 nitrogen and oxygen atoms in total. The molecular formula is C34H58O13S. The summed E-state index contributed by atoms with van der Waals surface area (Å²) in [5.41, 5.74) is -1.24. The molecule has 5 aliphatic rings. The summed E-state index contributed by atoms with van der Waals surface area (Å²) in [6.45, 7) is 12.6. The molecule has 0 bridgehead atoms. The van der Waals surface area contributed by atoms with E-state index in [1.807, 2.05) is 13.8 Å². The van der Waals surface area contributed by atoms with Gasteiger partial charge in [-0.1, -0.05) is 39.8 Å². The summed E-state index contributed by atoms with van der Waals surface area (Å²) in [6.07, 6.45) is -3.73. The van der Waals surface area contributed by atoms with Gasteiger partial charge in [0.2, 0.25) is 0 Å². The minimum atomic E-state index is -4.77. The van der Waals surface area contributed by atoms with Crippen LogP contribution in [0.3, 0.4) is 0 Å². The molecule has 17 atom stereocenters. The highest BCUT2D eigenvalue weighted by Crippen LogP contribution is 2.69. The molecule has 7 unspecified atom stereocenters. The number of methoxy groups -OCH3 is 1. The summed E-state index contributed by atoms with van der Waals surface area (Å²) in [6, 6.07) is 0. The Hall–Kier alpha value is -0.750. The number of fused-ring (bicyclic) bond motifs is 5. The van der Waals surface area contributed by atoms with E-state index in [0.29, 0.717) is 25.7 Å². The topological polar surface area (TPSA) is 213 Å². The molecular weight excluding hydrogens is 648 g/mol. The lowest BCUT2D eigenvalue weighted by molar-refractivity contribution is -0.280. The molecule has 0 radical (unpaired) electrons. The van der Waals surface area contributed by atoms with Gasteiger partial charge in [-0.2, -0.15) is 8.42 Å². The Labute approximate surface area is 284 Å². The van der Waals surface area contributed by atoms with Crippen molar-refractivity contribution >= 4 is 10.4 Å². The Morgan fingerprint density at radius 1 is 1.00 bits per heavy atom. The van der Waals surface area contributed by atoms with Crippen molar-refractivity contribution in [3.8, 4) is 0 Å². The van der Waals surface area contributed by atoms with E-state index in [0.717, 1.165) is 24.8 Å². The van der Waals surface area contributed by atoms with Gasteiger partial charge in [0.1, 0.15) is 18.3 Å². The lowest BCUT2D eigenvalue weighted by Crippen LogP contribution is -2.70. The third kappa shape index (κ3) is 6.79. The lowest BCUT2D eigenvalue weighted by Gasteiger charge is -2.66. The van der Waals surface area contributed by atoms with Crippen molar-refractivity contribution in [1.82, 2.24) is 0 Å². The Morgan fingerprint density at radius 3 is 2.31 bits per heavy atom. The summed E-state index contributed by atoms with van der Waals surface area (Å²) < 4.78 is 52.4. The zero-order valence-corrected chi connectivity index (χ0v) is 29.7. The van der Waals surface area contributed by atoms with Gasteiger partial charge in [0.25, 0.3) is 0 Å². The van der Waals surface area contributed by atoms with Crippen LogP contribution in [0.25, 0.3) is 0 Å².